The number of benzene rings is 10. The third-order valence-electron chi connectivity index (χ3n) is 12.5. The predicted octanol–water partition coefficient (Wildman–Crippen LogP) is 15.7. The van der Waals surface area contributed by atoms with E-state index in [0.717, 1.165) is 0 Å². The van der Waals surface area contributed by atoms with E-state index in [1.165, 1.54) is 120 Å². The average Bonchev–Trinajstić information content (AvgIpc) is 3.81. The number of aromatic nitrogens is 2. The van der Waals surface area contributed by atoms with Crippen LogP contribution < -0.4 is 0 Å². The van der Waals surface area contributed by atoms with Crippen molar-refractivity contribution < 1.29 is 0 Å². The standard InChI is InChI=1S/C56H34N2S/c1-2-12-35(13-3-1)37-16-10-17-38(30-37)40-25-29-51-48(32-40)43-18-6-8-22-49(43)57(51)42-27-28-44-45-20-11-21-47-55-46-19-7-9-23-50(46)58(41-26-24-36-14-4-5-15-39(36)31-41)52(55)34-54(56(45)47)59-53(44)33-42/h1-34H. The van der Waals surface area contributed by atoms with Gasteiger partial charge in [0.2, 0.25) is 0 Å². The lowest BCUT2D eigenvalue weighted by atomic mass is 9.94. The maximum absolute atomic E-state index is 2.47. The molecule has 59 heavy (non-hydrogen) atoms. The Morgan fingerprint density at radius 3 is 1.80 bits per heavy atom. The van der Waals surface area contributed by atoms with E-state index in [2.05, 4.69) is 215 Å². The van der Waals surface area contributed by atoms with Crippen molar-refractivity contribution in [1.29, 1.82) is 0 Å². The summed E-state index contributed by atoms with van der Waals surface area (Å²) in [5, 5.41) is 10.3. The van der Waals surface area contributed by atoms with E-state index in [1.807, 2.05) is 11.8 Å². The second-order valence-electron chi connectivity index (χ2n) is 15.7. The van der Waals surface area contributed by atoms with Crippen LogP contribution in [0.2, 0.25) is 0 Å². The monoisotopic (exact) mass is 766 g/mol. The summed E-state index contributed by atoms with van der Waals surface area (Å²) in [7, 11) is 0. The van der Waals surface area contributed by atoms with Gasteiger partial charge in [-0.1, -0.05) is 157 Å². The molecule has 0 unspecified atom stereocenters. The van der Waals surface area contributed by atoms with E-state index in [1.54, 1.807) is 0 Å². The highest BCUT2D eigenvalue weighted by Crippen LogP contribution is 2.52. The molecule has 0 radical (unpaired) electrons. The van der Waals surface area contributed by atoms with Crippen LogP contribution in [0.1, 0.15) is 0 Å². The molecule has 0 amide bonds. The lowest BCUT2D eigenvalue weighted by molar-refractivity contribution is 1.16. The van der Waals surface area contributed by atoms with Crippen molar-refractivity contribution in [3.63, 3.8) is 0 Å². The molecule has 0 spiro atoms. The first-order valence-electron chi connectivity index (χ1n) is 20.2. The Morgan fingerprint density at radius 1 is 0.288 bits per heavy atom. The fourth-order valence-corrected chi connectivity index (χ4v) is 11.0. The van der Waals surface area contributed by atoms with Crippen molar-refractivity contribution in [1.82, 2.24) is 9.13 Å². The quantitative estimate of drug-likeness (QED) is 0.173. The molecule has 1 aliphatic rings. The van der Waals surface area contributed by atoms with Crippen LogP contribution in [-0.2, 0) is 0 Å². The molecule has 0 atom stereocenters. The number of fused-ring (bicyclic) bond motifs is 10. The fraction of sp³-hybridized carbons (Fsp3) is 0. The molecule has 0 saturated heterocycles. The van der Waals surface area contributed by atoms with E-state index in [-0.39, 0.29) is 0 Å². The smallest absolute Gasteiger partial charge is 0.0558 e. The molecular weight excluding hydrogens is 733 g/mol. The van der Waals surface area contributed by atoms with Gasteiger partial charge in [-0.05, 0) is 110 Å². The first-order valence-corrected chi connectivity index (χ1v) is 21.1. The Hall–Kier alpha value is -7.33. The summed E-state index contributed by atoms with van der Waals surface area (Å²) in [4.78, 5) is 2.57. The number of nitrogens with zero attached hydrogens (tertiary/aromatic N) is 2. The van der Waals surface area contributed by atoms with Gasteiger partial charge in [0.25, 0.3) is 0 Å². The second kappa shape index (κ2) is 12.6. The van der Waals surface area contributed by atoms with E-state index >= 15 is 0 Å². The third kappa shape index (κ3) is 4.89. The number of hydrogen-bond acceptors (Lipinski definition) is 1. The van der Waals surface area contributed by atoms with Crippen molar-refractivity contribution in [2.75, 3.05) is 0 Å². The normalized spacial score (nSPS) is 12.3. The highest BCUT2D eigenvalue weighted by molar-refractivity contribution is 7.99. The lowest BCUT2D eigenvalue weighted by Gasteiger charge is -2.22. The minimum absolute atomic E-state index is 1.17. The number of rotatable bonds is 4. The Bertz CT molecular complexity index is 3700. The van der Waals surface area contributed by atoms with Crippen LogP contribution in [0.4, 0.5) is 0 Å². The molecule has 2 aromatic heterocycles. The van der Waals surface area contributed by atoms with Gasteiger partial charge in [0.1, 0.15) is 0 Å². The van der Waals surface area contributed by atoms with Gasteiger partial charge in [0.15, 0.2) is 0 Å². The van der Waals surface area contributed by atoms with Crippen LogP contribution in [0.15, 0.2) is 216 Å². The van der Waals surface area contributed by atoms with E-state index in [9.17, 15) is 0 Å². The molecule has 274 valence electrons. The highest BCUT2D eigenvalue weighted by atomic mass is 32.2. The Labute approximate surface area is 345 Å². The fourth-order valence-electron chi connectivity index (χ4n) is 9.82. The third-order valence-corrected chi connectivity index (χ3v) is 13.6. The molecule has 3 heteroatoms. The van der Waals surface area contributed by atoms with Crippen LogP contribution in [-0.4, -0.2) is 9.13 Å². The summed E-state index contributed by atoms with van der Waals surface area (Å²) in [6, 6.07) is 76.1. The molecule has 0 aliphatic carbocycles. The summed E-state index contributed by atoms with van der Waals surface area (Å²) < 4.78 is 4.92. The molecule has 1 aliphatic heterocycles. The predicted molar refractivity (Wildman–Crippen MR) is 251 cm³/mol. The molecule has 2 nitrogen and oxygen atoms in total. The van der Waals surface area contributed by atoms with Gasteiger partial charge in [-0.2, -0.15) is 0 Å². The zero-order valence-electron chi connectivity index (χ0n) is 31.9. The maximum Gasteiger partial charge on any atom is 0.0558 e. The van der Waals surface area contributed by atoms with Crippen LogP contribution in [0, 0.1) is 0 Å². The summed E-state index contributed by atoms with van der Waals surface area (Å²) in [5.41, 5.74) is 14.7. The Morgan fingerprint density at radius 2 is 0.915 bits per heavy atom. The minimum atomic E-state index is 1.17. The van der Waals surface area contributed by atoms with E-state index in [4.69, 9.17) is 0 Å². The summed E-state index contributed by atoms with van der Waals surface area (Å²) in [6.45, 7) is 0. The second-order valence-corrected chi connectivity index (χ2v) is 16.8. The zero-order valence-corrected chi connectivity index (χ0v) is 32.7. The first-order chi connectivity index (χ1) is 29.2. The minimum Gasteiger partial charge on any atom is -0.309 e. The van der Waals surface area contributed by atoms with E-state index in [0.29, 0.717) is 0 Å². The molecule has 10 aromatic carbocycles. The molecule has 13 rings (SSSR count). The van der Waals surface area contributed by atoms with Crippen molar-refractivity contribution in [3.05, 3.63) is 206 Å². The van der Waals surface area contributed by atoms with Gasteiger partial charge in [-0.25, -0.2) is 0 Å². The molecule has 0 bridgehead atoms. The number of hydrogen-bond donors (Lipinski definition) is 0. The SMILES string of the molecule is c1ccc(-c2cccc(-c3ccc4c(c3)c3ccccc3n4-c3ccc4c(c3)Sc3cc5c(c6cccc-4c36)c3ccccc3n5-c3ccc4ccccc4c3)c2)cc1. The molecular formula is C56H34N2S. The van der Waals surface area contributed by atoms with Gasteiger partial charge in [0, 0.05) is 48.1 Å². The molecule has 0 saturated carbocycles. The summed E-state index contributed by atoms with van der Waals surface area (Å²) >= 11 is 1.90. The first kappa shape index (κ1) is 32.7. The van der Waals surface area contributed by atoms with Crippen molar-refractivity contribution in [3.8, 4) is 44.8 Å². The Balaban J connectivity index is 0.976. The van der Waals surface area contributed by atoms with Gasteiger partial charge >= 0.3 is 0 Å². The number of para-hydroxylation sites is 2. The molecule has 0 fully saturated rings. The molecule has 12 aromatic rings. The van der Waals surface area contributed by atoms with Crippen molar-refractivity contribution >= 4 is 76.9 Å². The van der Waals surface area contributed by atoms with Gasteiger partial charge in [0.05, 0.1) is 22.1 Å². The van der Waals surface area contributed by atoms with Crippen LogP contribution in [0.3, 0.4) is 0 Å². The average molecular weight is 767 g/mol. The van der Waals surface area contributed by atoms with Crippen LogP contribution >= 0.6 is 11.8 Å². The highest BCUT2D eigenvalue weighted by Gasteiger charge is 2.25. The molecule has 3 heterocycles. The summed E-state index contributed by atoms with van der Waals surface area (Å²) in [6.07, 6.45) is 0. The zero-order chi connectivity index (χ0) is 38.6. The lowest BCUT2D eigenvalue weighted by Crippen LogP contribution is -1.99. The van der Waals surface area contributed by atoms with E-state index < -0.39 is 0 Å². The van der Waals surface area contributed by atoms with Crippen molar-refractivity contribution in [2.45, 2.75) is 9.79 Å². The summed E-state index contributed by atoms with van der Waals surface area (Å²) in [5.74, 6) is 0. The van der Waals surface area contributed by atoms with Gasteiger partial charge in [-0.15, -0.1) is 0 Å². The maximum atomic E-state index is 2.47. The topological polar surface area (TPSA) is 9.86 Å². The van der Waals surface area contributed by atoms with Crippen LogP contribution in [0.5, 0.6) is 0 Å². The molecule has 0 N–H and O–H groups in total. The Kier molecular flexibility index (Phi) is 6.98. The van der Waals surface area contributed by atoms with Gasteiger partial charge < -0.3 is 9.13 Å². The largest absolute Gasteiger partial charge is 0.309 e. The van der Waals surface area contributed by atoms with Crippen LogP contribution in [0.25, 0.3) is 110 Å². The van der Waals surface area contributed by atoms with Gasteiger partial charge in [-0.3, -0.25) is 0 Å². The van der Waals surface area contributed by atoms with Crippen molar-refractivity contribution in [2.24, 2.45) is 0 Å².